The van der Waals surface area contributed by atoms with E-state index >= 15 is 9.13 Å². The minimum absolute atomic E-state index is 0.0585. The van der Waals surface area contributed by atoms with E-state index in [0.717, 1.165) is 9.13 Å². The summed E-state index contributed by atoms with van der Waals surface area (Å²) in [5.74, 6) is -3.54. The molecule has 2 aromatic carbocycles. The van der Waals surface area contributed by atoms with Gasteiger partial charge in [0.15, 0.2) is 11.2 Å². The first kappa shape index (κ1) is 70.3. The molecule has 6 aromatic rings. The lowest BCUT2D eigenvalue weighted by atomic mass is 10.1. The van der Waals surface area contributed by atoms with Crippen LogP contribution in [0, 0.1) is 19.8 Å². The summed E-state index contributed by atoms with van der Waals surface area (Å²) in [4.78, 5) is 120. The molecule has 1 amide bonds. The number of fused-ring (bicyclic) bond motifs is 1. The van der Waals surface area contributed by atoms with Crippen LogP contribution in [-0.2, 0) is 70.1 Å². The van der Waals surface area contributed by atoms with Gasteiger partial charge in [-0.15, -0.1) is 0 Å². The second kappa shape index (κ2) is 30.6. The van der Waals surface area contributed by atoms with E-state index in [1.807, 2.05) is 0 Å². The maximum atomic E-state index is 15.6. The van der Waals surface area contributed by atoms with Gasteiger partial charge in [0.2, 0.25) is 11.9 Å². The van der Waals surface area contributed by atoms with Gasteiger partial charge >= 0.3 is 36.9 Å². The van der Waals surface area contributed by atoms with Crippen LogP contribution in [0.2, 0.25) is 15.1 Å². The molecule has 3 saturated heterocycles. The third-order valence-electron chi connectivity index (χ3n) is 14.2. The fraction of sp³-hybridized carbons (Fsp3) is 0.473. The molecule has 0 aliphatic carbocycles. The Morgan fingerprint density at radius 2 is 1.33 bits per heavy atom. The van der Waals surface area contributed by atoms with Crippen LogP contribution in [0.3, 0.4) is 0 Å². The van der Waals surface area contributed by atoms with E-state index in [1.54, 1.807) is 19.9 Å². The number of anilines is 1. The molecule has 92 heavy (non-hydrogen) atoms. The van der Waals surface area contributed by atoms with Crippen LogP contribution in [-0.4, -0.2) is 130 Å². The standard InChI is InChI=1S/C55H62Cl3N9O21P2S2/c1-7-45(70)79-26-91-89(77,87-37-18-44(82-39(37)22-68)67-25-59-47-48(67)60-53(61-49(72)27(2)3)64-52(47)86-35-16-32(57)11-14-34(35)58)80-24-41-38(19-43(84-41)66-21-29(5)51(74)63-55(66)76)88-90(78,92-33-12-9-31(56)10-13-33)81-23-40-36(85-46(71)15-8-30(6)69)17-42(83-40)65-20-28(4)50(73)62-54(65)75/h9-14,16,20-21,25,27,36-44,68H,7-8,15,17-19,22-24,26H2,1-6H3,(H,62,73,75)(H,63,74,76)(H,60,61,64,72)/t36?,37?,38?,39-,40-,41-,42-,43-,44-,89?,90?/m1/s1. The first-order chi connectivity index (χ1) is 43.7. The number of hydrogen-bond acceptors (Lipinski definition) is 26. The van der Waals surface area contributed by atoms with Gasteiger partial charge in [0.25, 0.3) is 17.0 Å². The molecule has 0 saturated carbocycles. The van der Waals surface area contributed by atoms with E-state index in [9.17, 15) is 43.5 Å². The van der Waals surface area contributed by atoms with Crippen molar-refractivity contribution in [3.8, 4) is 11.6 Å². The highest BCUT2D eigenvalue weighted by Crippen LogP contribution is 2.67. The lowest BCUT2D eigenvalue weighted by Gasteiger charge is -2.28. The lowest BCUT2D eigenvalue weighted by molar-refractivity contribution is -0.153. The van der Waals surface area contributed by atoms with Crippen LogP contribution < -0.4 is 32.6 Å². The molecule has 0 bridgehead atoms. The quantitative estimate of drug-likeness (QED) is 0.0203. The lowest BCUT2D eigenvalue weighted by Crippen LogP contribution is -2.33. The molecular formula is C55H62Cl3N9O21P2S2. The Bertz CT molecular complexity index is 4080. The van der Waals surface area contributed by atoms with Crippen LogP contribution >= 0.6 is 71.2 Å². The monoisotopic (exact) mass is 1420 g/mol. The number of aromatic amines is 2. The van der Waals surface area contributed by atoms with E-state index in [4.69, 9.17) is 81.3 Å². The number of carbonyl (C=O) groups is 4. The summed E-state index contributed by atoms with van der Waals surface area (Å²) in [5, 5.41) is 14.2. The number of imidazole rings is 1. The second-order valence-electron chi connectivity index (χ2n) is 21.4. The van der Waals surface area contributed by atoms with Gasteiger partial charge in [0.1, 0.15) is 72.8 Å². The van der Waals surface area contributed by atoms with Gasteiger partial charge in [0.05, 0.1) is 37.6 Å². The molecule has 5 unspecified atom stereocenters. The first-order valence-corrected chi connectivity index (χ1v) is 35.6. The van der Waals surface area contributed by atoms with Crippen molar-refractivity contribution in [1.82, 2.24) is 38.6 Å². The number of halogens is 3. The summed E-state index contributed by atoms with van der Waals surface area (Å²) < 4.78 is 96.0. The molecule has 4 aromatic heterocycles. The second-order valence-corrected chi connectivity index (χ2v) is 30.6. The summed E-state index contributed by atoms with van der Waals surface area (Å²) >= 11 is 20.0. The normalized spacial score (nSPS) is 22.7. The number of nitrogens with zero attached hydrogens (tertiary/aromatic N) is 6. The predicted molar refractivity (Wildman–Crippen MR) is 333 cm³/mol. The summed E-state index contributed by atoms with van der Waals surface area (Å²) in [6.45, 7) is -2.52. The Kier molecular flexibility index (Phi) is 23.3. The van der Waals surface area contributed by atoms with Gasteiger partial charge in [0, 0.05) is 93.9 Å². The highest BCUT2D eigenvalue weighted by molar-refractivity contribution is 8.55. The molecule has 9 rings (SSSR count). The molecule has 3 fully saturated rings. The fourth-order valence-electron chi connectivity index (χ4n) is 9.39. The molecule has 3 aliphatic heterocycles. The average Bonchev–Trinajstić information content (AvgIpc) is 1.66. The molecule has 7 heterocycles. The Balaban J connectivity index is 1.02. The molecule has 3 aliphatic rings. The molecule has 37 heteroatoms. The van der Waals surface area contributed by atoms with Crippen LogP contribution in [0.1, 0.15) is 96.0 Å². The van der Waals surface area contributed by atoms with Crippen molar-refractivity contribution in [3.63, 3.8) is 0 Å². The van der Waals surface area contributed by atoms with Gasteiger partial charge < -0.3 is 38.3 Å². The summed E-state index contributed by atoms with van der Waals surface area (Å²) in [7, 11) is 0. The SMILES string of the molecule is CCC(=O)OCSP(=O)(OC[C@H]1O[C@@H](n2cc(C)c(=O)[nH]c2=O)CC1OP(=O)(OC[C@H]1O[C@@H](n2cc(C)c(=O)[nH]c2=O)CC1OC(=O)CCC(C)=O)Sc1ccc(Cl)cc1)OC1C[C@H](n2cnc3c(Oc4cc(Cl)ccc4Cl)nc(NC(=O)C(C)C)nc32)O[C@@H]1CO. The van der Waals surface area contributed by atoms with Crippen LogP contribution in [0.25, 0.3) is 11.2 Å². The Morgan fingerprint density at radius 1 is 0.761 bits per heavy atom. The van der Waals surface area contributed by atoms with Gasteiger partial charge in [-0.1, -0.05) is 55.6 Å². The zero-order valence-electron chi connectivity index (χ0n) is 49.8. The number of amides is 1. The van der Waals surface area contributed by atoms with E-state index < -0.39 is 141 Å². The van der Waals surface area contributed by atoms with Crippen LogP contribution in [0.4, 0.5) is 5.95 Å². The van der Waals surface area contributed by atoms with Crippen molar-refractivity contribution in [1.29, 1.82) is 0 Å². The molecule has 0 radical (unpaired) electrons. The number of H-pyrrole nitrogens is 2. The van der Waals surface area contributed by atoms with E-state index in [0.29, 0.717) is 32.7 Å². The zero-order valence-corrected chi connectivity index (χ0v) is 55.4. The highest BCUT2D eigenvalue weighted by Gasteiger charge is 2.48. The summed E-state index contributed by atoms with van der Waals surface area (Å²) in [6, 6.07) is 10.5. The van der Waals surface area contributed by atoms with Gasteiger partial charge in [-0.25, -0.2) is 23.7 Å². The van der Waals surface area contributed by atoms with Gasteiger partial charge in [-0.2, -0.15) is 9.97 Å². The third kappa shape index (κ3) is 17.6. The minimum atomic E-state index is -4.72. The topological polar surface area (TPSA) is 380 Å². The number of ketones is 1. The molecule has 4 N–H and O–H groups in total. The average molecular weight is 1420 g/mol. The molecule has 0 spiro atoms. The molecule has 11 atom stereocenters. The Labute approximate surface area is 545 Å². The van der Waals surface area contributed by atoms with Crippen molar-refractivity contribution in [2.45, 2.75) is 140 Å². The number of esters is 2. The largest absolute Gasteiger partial charge is 0.459 e. The number of aryl methyl sites for hydroxylation is 2. The number of hydrogen-bond donors (Lipinski definition) is 4. The fourth-order valence-corrected chi connectivity index (χ4v) is 16.2. The van der Waals surface area contributed by atoms with E-state index in [1.165, 1.54) is 87.4 Å². The molecule has 496 valence electrons. The molecule has 30 nitrogen and oxygen atoms in total. The van der Waals surface area contributed by atoms with Gasteiger partial charge in [-0.3, -0.25) is 71.1 Å². The van der Waals surface area contributed by atoms with Gasteiger partial charge in [-0.05, 0) is 68.6 Å². The third-order valence-corrected chi connectivity index (χ3v) is 22.0. The maximum Gasteiger partial charge on any atom is 0.394 e. The number of Topliss-reactive ketones (excluding diaryl/α,β-unsaturated/α-hetero) is 1. The number of aliphatic hydroxyl groups is 1. The Morgan fingerprint density at radius 3 is 1.93 bits per heavy atom. The number of rotatable bonds is 28. The van der Waals surface area contributed by atoms with Crippen molar-refractivity contribution in [3.05, 3.63) is 129 Å². The number of nitrogens with one attached hydrogen (secondary N) is 3. The predicted octanol–water partition coefficient (Wildman–Crippen LogP) is 8.48. The van der Waals surface area contributed by atoms with Crippen molar-refractivity contribution < 1.29 is 79.9 Å². The number of benzene rings is 2. The van der Waals surface area contributed by atoms with Crippen molar-refractivity contribution >= 4 is 112 Å². The van der Waals surface area contributed by atoms with Crippen molar-refractivity contribution in [2.75, 3.05) is 31.1 Å². The Hall–Kier alpha value is -6.06. The molecular weight excluding hydrogens is 1360 g/mol. The number of aromatic nitrogens is 8. The number of ether oxygens (including phenoxy) is 6. The number of carbonyl (C=O) groups excluding carboxylic acids is 4. The zero-order chi connectivity index (χ0) is 66.3. The highest BCUT2D eigenvalue weighted by atomic mass is 35.5. The van der Waals surface area contributed by atoms with Crippen LogP contribution in [0.5, 0.6) is 11.6 Å². The van der Waals surface area contributed by atoms with Crippen LogP contribution in [0.15, 0.2) is 85.3 Å². The minimum Gasteiger partial charge on any atom is -0.459 e. The number of aliphatic hydroxyl groups excluding tert-OH is 1. The first-order valence-electron chi connectivity index (χ1n) is 28.4. The van der Waals surface area contributed by atoms with E-state index in [2.05, 4.69) is 30.2 Å². The smallest absolute Gasteiger partial charge is 0.394 e. The maximum absolute atomic E-state index is 15.6. The van der Waals surface area contributed by atoms with E-state index in [-0.39, 0.29) is 94.2 Å². The summed E-state index contributed by atoms with van der Waals surface area (Å²) in [6.07, 6.45) is -8.92. The van der Waals surface area contributed by atoms with Crippen molar-refractivity contribution in [2.24, 2.45) is 5.92 Å². The summed E-state index contributed by atoms with van der Waals surface area (Å²) in [5.41, 5.74) is -2.74.